The van der Waals surface area contributed by atoms with Gasteiger partial charge >= 0.3 is 0 Å². The van der Waals surface area contributed by atoms with Gasteiger partial charge in [-0.3, -0.25) is 4.90 Å². The third-order valence-corrected chi connectivity index (χ3v) is 7.29. The van der Waals surface area contributed by atoms with E-state index in [2.05, 4.69) is 58.7 Å². The number of β-amino-alcohol motifs (C(OH)–C–C–N with tert-alkyl or cyclic N) is 1. The molecule has 0 amide bonds. The molecule has 0 aromatic heterocycles. The standard InChI is InChI=1S/C25H32N2O/c28-24-11-12-27(17-24)16-23-8-4-3-7-22(23)15-26-25-20-9-10-21(25)14-19-6-2-1-5-18(19)13-20/h1-8,20-21,24-26,28H,9-17H2. The Balaban J connectivity index is 1.27. The summed E-state index contributed by atoms with van der Waals surface area (Å²) >= 11 is 0. The number of hydrogen-bond donors (Lipinski definition) is 2. The highest BCUT2D eigenvalue weighted by atomic mass is 16.3. The minimum absolute atomic E-state index is 0.145. The summed E-state index contributed by atoms with van der Waals surface area (Å²) in [5.74, 6) is 1.55. The van der Waals surface area contributed by atoms with Crippen LogP contribution in [0.25, 0.3) is 0 Å². The maximum absolute atomic E-state index is 9.83. The van der Waals surface area contributed by atoms with Crippen LogP contribution >= 0.6 is 0 Å². The van der Waals surface area contributed by atoms with Crippen LogP contribution in [0.5, 0.6) is 0 Å². The maximum atomic E-state index is 9.83. The van der Waals surface area contributed by atoms with Crippen molar-refractivity contribution in [2.24, 2.45) is 11.8 Å². The van der Waals surface area contributed by atoms with Gasteiger partial charge in [0.05, 0.1) is 6.10 Å². The van der Waals surface area contributed by atoms with E-state index in [1.165, 1.54) is 36.8 Å². The van der Waals surface area contributed by atoms with E-state index < -0.39 is 0 Å². The highest BCUT2D eigenvalue weighted by Crippen LogP contribution is 2.40. The van der Waals surface area contributed by atoms with E-state index in [9.17, 15) is 5.11 Å². The zero-order valence-corrected chi connectivity index (χ0v) is 16.7. The molecule has 0 spiro atoms. The van der Waals surface area contributed by atoms with Crippen LogP contribution in [-0.4, -0.2) is 35.2 Å². The molecule has 28 heavy (non-hydrogen) atoms. The van der Waals surface area contributed by atoms with Crippen molar-refractivity contribution in [2.45, 2.75) is 57.3 Å². The summed E-state index contributed by atoms with van der Waals surface area (Å²) in [5.41, 5.74) is 5.99. The second-order valence-corrected chi connectivity index (χ2v) is 9.13. The molecular formula is C25H32N2O. The van der Waals surface area contributed by atoms with E-state index in [1.54, 1.807) is 11.1 Å². The molecule has 2 aromatic rings. The Labute approximate surface area is 168 Å². The SMILES string of the molecule is OC1CCN(Cc2ccccc2CNC2C3CCC2Cc2ccccc2C3)C1. The largest absolute Gasteiger partial charge is 0.392 e. The highest BCUT2D eigenvalue weighted by molar-refractivity contribution is 5.31. The number of fused-ring (bicyclic) bond motifs is 3. The monoisotopic (exact) mass is 376 g/mol. The number of benzene rings is 2. The first-order valence-electron chi connectivity index (χ1n) is 11.0. The Kier molecular flexibility index (Phi) is 5.23. The Morgan fingerprint density at radius 1 is 0.857 bits per heavy atom. The van der Waals surface area contributed by atoms with E-state index in [-0.39, 0.29) is 6.10 Å². The fraction of sp³-hybridized carbons (Fsp3) is 0.520. The van der Waals surface area contributed by atoms with Gasteiger partial charge in [-0.1, -0.05) is 48.5 Å². The van der Waals surface area contributed by atoms with Crippen LogP contribution in [0.4, 0.5) is 0 Å². The Bertz CT molecular complexity index is 787. The van der Waals surface area contributed by atoms with Crippen molar-refractivity contribution >= 4 is 0 Å². The molecule has 2 fully saturated rings. The van der Waals surface area contributed by atoms with Crippen LogP contribution in [0.2, 0.25) is 0 Å². The van der Waals surface area contributed by atoms with Crippen LogP contribution in [0.1, 0.15) is 41.5 Å². The zero-order chi connectivity index (χ0) is 18.9. The van der Waals surface area contributed by atoms with Gasteiger partial charge in [-0.2, -0.15) is 0 Å². The number of aliphatic hydroxyl groups excluding tert-OH is 1. The van der Waals surface area contributed by atoms with Crippen molar-refractivity contribution in [1.29, 1.82) is 0 Å². The van der Waals surface area contributed by atoms with E-state index in [0.717, 1.165) is 44.4 Å². The molecule has 0 radical (unpaired) electrons. The molecule has 2 aliphatic carbocycles. The predicted molar refractivity (Wildman–Crippen MR) is 113 cm³/mol. The summed E-state index contributed by atoms with van der Waals surface area (Å²) in [6.07, 6.45) is 5.96. The molecule has 1 heterocycles. The Morgan fingerprint density at radius 3 is 2.14 bits per heavy atom. The van der Waals surface area contributed by atoms with Crippen LogP contribution in [-0.2, 0) is 25.9 Å². The lowest BCUT2D eigenvalue weighted by molar-refractivity contribution is 0.174. The quantitative estimate of drug-likeness (QED) is 0.838. The summed E-state index contributed by atoms with van der Waals surface area (Å²) in [6.45, 7) is 3.74. The lowest BCUT2D eigenvalue weighted by Crippen LogP contribution is -2.37. The average molecular weight is 377 g/mol. The average Bonchev–Trinajstić information content (AvgIpc) is 3.23. The molecule has 1 saturated carbocycles. The first kappa shape index (κ1) is 18.4. The molecule has 5 rings (SSSR count). The van der Waals surface area contributed by atoms with Crippen molar-refractivity contribution in [1.82, 2.24) is 10.2 Å². The summed E-state index contributed by atoms with van der Waals surface area (Å²) < 4.78 is 0. The maximum Gasteiger partial charge on any atom is 0.0679 e. The van der Waals surface area contributed by atoms with Gasteiger partial charge in [0.2, 0.25) is 0 Å². The predicted octanol–water partition coefficient (Wildman–Crippen LogP) is 3.54. The number of nitrogens with one attached hydrogen (secondary N) is 1. The highest BCUT2D eigenvalue weighted by Gasteiger charge is 2.38. The fourth-order valence-electron chi connectivity index (χ4n) is 5.79. The van der Waals surface area contributed by atoms with Gasteiger partial charge in [0.15, 0.2) is 0 Å². The van der Waals surface area contributed by atoms with Gasteiger partial charge < -0.3 is 10.4 Å². The number of nitrogens with zero attached hydrogens (tertiary/aromatic N) is 1. The number of aliphatic hydroxyl groups is 1. The van der Waals surface area contributed by atoms with Gasteiger partial charge in [-0.25, -0.2) is 0 Å². The zero-order valence-electron chi connectivity index (χ0n) is 16.7. The molecule has 1 aliphatic heterocycles. The topological polar surface area (TPSA) is 35.5 Å². The lowest BCUT2D eigenvalue weighted by atomic mass is 9.94. The molecule has 3 heteroatoms. The van der Waals surface area contributed by atoms with E-state index >= 15 is 0 Å². The molecule has 1 saturated heterocycles. The van der Waals surface area contributed by atoms with Crippen molar-refractivity contribution < 1.29 is 5.11 Å². The summed E-state index contributed by atoms with van der Waals surface area (Å²) in [7, 11) is 0. The molecule has 2 bridgehead atoms. The first-order chi connectivity index (χ1) is 13.8. The van der Waals surface area contributed by atoms with Crippen LogP contribution in [0.3, 0.4) is 0 Å². The van der Waals surface area contributed by atoms with Crippen LogP contribution < -0.4 is 5.32 Å². The smallest absolute Gasteiger partial charge is 0.0679 e. The third kappa shape index (κ3) is 3.76. The van der Waals surface area contributed by atoms with Crippen LogP contribution in [0, 0.1) is 11.8 Å². The van der Waals surface area contributed by atoms with E-state index in [1.807, 2.05) is 0 Å². The molecule has 2 N–H and O–H groups in total. The summed E-state index contributed by atoms with van der Waals surface area (Å²) in [4.78, 5) is 2.38. The molecule has 2 aromatic carbocycles. The van der Waals surface area contributed by atoms with E-state index in [0.29, 0.717) is 6.04 Å². The van der Waals surface area contributed by atoms with Gasteiger partial charge in [-0.15, -0.1) is 0 Å². The summed E-state index contributed by atoms with van der Waals surface area (Å²) in [6, 6.07) is 18.6. The molecular weight excluding hydrogens is 344 g/mol. The second-order valence-electron chi connectivity index (χ2n) is 9.13. The molecule has 3 atom stereocenters. The minimum Gasteiger partial charge on any atom is -0.392 e. The third-order valence-electron chi connectivity index (χ3n) is 7.29. The Hall–Kier alpha value is -1.68. The summed E-state index contributed by atoms with van der Waals surface area (Å²) in [5, 5.41) is 13.8. The fourth-order valence-corrected chi connectivity index (χ4v) is 5.79. The molecule has 3 unspecified atom stereocenters. The van der Waals surface area contributed by atoms with Gasteiger partial charge in [-0.05, 0) is 66.2 Å². The lowest BCUT2D eigenvalue weighted by Gasteiger charge is -2.25. The van der Waals surface area contributed by atoms with Crippen LogP contribution in [0.15, 0.2) is 48.5 Å². The van der Waals surface area contributed by atoms with E-state index in [4.69, 9.17) is 0 Å². The van der Waals surface area contributed by atoms with Crippen molar-refractivity contribution in [3.8, 4) is 0 Å². The number of rotatable bonds is 5. The van der Waals surface area contributed by atoms with Crippen molar-refractivity contribution in [3.05, 3.63) is 70.8 Å². The van der Waals surface area contributed by atoms with Gasteiger partial charge in [0.1, 0.15) is 0 Å². The first-order valence-corrected chi connectivity index (χ1v) is 11.0. The van der Waals surface area contributed by atoms with Gasteiger partial charge in [0.25, 0.3) is 0 Å². The number of likely N-dealkylation sites (tertiary alicyclic amines) is 1. The molecule has 148 valence electrons. The molecule has 3 aliphatic rings. The molecule has 3 nitrogen and oxygen atoms in total. The van der Waals surface area contributed by atoms with Crippen molar-refractivity contribution in [2.75, 3.05) is 13.1 Å². The van der Waals surface area contributed by atoms with Crippen molar-refractivity contribution in [3.63, 3.8) is 0 Å². The number of hydrogen-bond acceptors (Lipinski definition) is 3. The Morgan fingerprint density at radius 2 is 1.50 bits per heavy atom. The normalized spacial score (nSPS) is 29.6. The second kappa shape index (κ2) is 7.98. The minimum atomic E-state index is -0.145. The van der Waals surface area contributed by atoms with Gasteiger partial charge in [0, 0.05) is 32.2 Å².